The molecule has 1 aromatic heterocycles. The normalized spacial score (nSPS) is 16.2. The number of aromatic nitrogens is 1. The van der Waals surface area contributed by atoms with Crippen LogP contribution in [0.25, 0.3) is 10.9 Å². The average molecular weight is 274 g/mol. The van der Waals surface area contributed by atoms with Crippen LogP contribution in [0.2, 0.25) is 0 Å². The van der Waals surface area contributed by atoms with E-state index in [0.29, 0.717) is 6.04 Å². The van der Waals surface area contributed by atoms with E-state index in [9.17, 15) is 4.39 Å². The van der Waals surface area contributed by atoms with Gasteiger partial charge in [-0.3, -0.25) is 4.90 Å². The van der Waals surface area contributed by atoms with Crippen molar-refractivity contribution in [3.05, 3.63) is 35.8 Å². The topological polar surface area (TPSA) is 19.0 Å². The SMILES string of the molecule is CC(C)N(CCc1c[nH]c2ccc(F)cc12)C1CCC1. The monoisotopic (exact) mass is 274 g/mol. The molecule has 0 radical (unpaired) electrons. The minimum absolute atomic E-state index is 0.155. The van der Waals surface area contributed by atoms with E-state index in [1.165, 1.54) is 30.9 Å². The van der Waals surface area contributed by atoms with Crippen LogP contribution in [0, 0.1) is 5.82 Å². The second-order valence-corrected chi connectivity index (χ2v) is 6.17. The van der Waals surface area contributed by atoms with E-state index < -0.39 is 0 Å². The molecule has 1 saturated carbocycles. The minimum Gasteiger partial charge on any atom is -0.361 e. The van der Waals surface area contributed by atoms with Crippen molar-refractivity contribution in [1.82, 2.24) is 9.88 Å². The fourth-order valence-electron chi connectivity index (χ4n) is 3.19. The fraction of sp³-hybridized carbons (Fsp3) is 0.529. The molecule has 108 valence electrons. The summed E-state index contributed by atoms with van der Waals surface area (Å²) in [6.07, 6.45) is 7.05. The molecule has 3 rings (SSSR count). The van der Waals surface area contributed by atoms with Crippen molar-refractivity contribution in [1.29, 1.82) is 0 Å². The van der Waals surface area contributed by atoms with Crippen LogP contribution in [0.4, 0.5) is 4.39 Å². The lowest BCUT2D eigenvalue weighted by molar-refractivity contribution is 0.0960. The number of hydrogen-bond donors (Lipinski definition) is 1. The van der Waals surface area contributed by atoms with Gasteiger partial charge in [-0.2, -0.15) is 0 Å². The first kappa shape index (κ1) is 13.6. The molecule has 0 spiro atoms. The van der Waals surface area contributed by atoms with Crippen molar-refractivity contribution >= 4 is 10.9 Å². The highest BCUT2D eigenvalue weighted by atomic mass is 19.1. The maximum absolute atomic E-state index is 13.4. The van der Waals surface area contributed by atoms with Crippen LogP contribution in [-0.2, 0) is 6.42 Å². The highest BCUT2D eigenvalue weighted by Crippen LogP contribution is 2.27. The summed E-state index contributed by atoms with van der Waals surface area (Å²) in [5.74, 6) is -0.155. The first-order valence-electron chi connectivity index (χ1n) is 7.66. The third-order valence-electron chi connectivity index (χ3n) is 4.58. The Morgan fingerprint density at radius 2 is 2.15 bits per heavy atom. The molecule has 0 saturated heterocycles. The third kappa shape index (κ3) is 2.59. The Balaban J connectivity index is 1.73. The fourth-order valence-corrected chi connectivity index (χ4v) is 3.19. The van der Waals surface area contributed by atoms with Gasteiger partial charge >= 0.3 is 0 Å². The Kier molecular flexibility index (Phi) is 3.79. The predicted octanol–water partition coefficient (Wildman–Crippen LogP) is 4.11. The molecule has 1 aromatic carbocycles. The van der Waals surface area contributed by atoms with Gasteiger partial charge < -0.3 is 4.98 Å². The van der Waals surface area contributed by atoms with Gasteiger partial charge in [-0.1, -0.05) is 6.42 Å². The quantitative estimate of drug-likeness (QED) is 0.869. The predicted molar refractivity (Wildman–Crippen MR) is 81.4 cm³/mol. The summed E-state index contributed by atoms with van der Waals surface area (Å²) < 4.78 is 13.4. The van der Waals surface area contributed by atoms with E-state index in [2.05, 4.69) is 23.7 Å². The molecular weight excluding hydrogens is 251 g/mol. The van der Waals surface area contributed by atoms with Crippen LogP contribution in [0.5, 0.6) is 0 Å². The Morgan fingerprint density at radius 1 is 1.35 bits per heavy atom. The van der Waals surface area contributed by atoms with E-state index >= 15 is 0 Å². The lowest BCUT2D eigenvalue weighted by Crippen LogP contribution is -2.45. The van der Waals surface area contributed by atoms with Gasteiger partial charge in [-0.05, 0) is 56.9 Å². The Labute approximate surface area is 120 Å². The molecule has 1 aliphatic rings. The van der Waals surface area contributed by atoms with Gasteiger partial charge in [-0.15, -0.1) is 0 Å². The van der Waals surface area contributed by atoms with Crippen LogP contribution in [-0.4, -0.2) is 28.5 Å². The molecule has 20 heavy (non-hydrogen) atoms. The van der Waals surface area contributed by atoms with Gasteiger partial charge in [0.15, 0.2) is 0 Å². The van der Waals surface area contributed by atoms with Crippen molar-refractivity contribution in [3.63, 3.8) is 0 Å². The maximum Gasteiger partial charge on any atom is 0.123 e. The molecule has 2 nitrogen and oxygen atoms in total. The Bertz CT molecular complexity index is 584. The Hall–Kier alpha value is -1.35. The molecule has 3 heteroatoms. The molecular formula is C17H23FN2. The summed E-state index contributed by atoms with van der Waals surface area (Å²) in [6.45, 7) is 5.60. The average Bonchev–Trinajstić information content (AvgIpc) is 2.74. The van der Waals surface area contributed by atoms with E-state index in [-0.39, 0.29) is 5.82 Å². The van der Waals surface area contributed by atoms with E-state index in [0.717, 1.165) is 29.9 Å². The van der Waals surface area contributed by atoms with Gasteiger partial charge in [0.05, 0.1) is 0 Å². The van der Waals surface area contributed by atoms with Gasteiger partial charge in [0.1, 0.15) is 5.82 Å². The van der Waals surface area contributed by atoms with Crippen molar-refractivity contribution in [2.75, 3.05) is 6.54 Å². The molecule has 1 heterocycles. The van der Waals surface area contributed by atoms with Crippen molar-refractivity contribution in [2.45, 2.75) is 51.6 Å². The van der Waals surface area contributed by atoms with Crippen molar-refractivity contribution in [2.24, 2.45) is 0 Å². The number of fused-ring (bicyclic) bond motifs is 1. The number of nitrogens with one attached hydrogen (secondary N) is 1. The lowest BCUT2D eigenvalue weighted by Gasteiger charge is -2.40. The van der Waals surface area contributed by atoms with E-state index in [1.54, 1.807) is 6.07 Å². The molecule has 0 aliphatic heterocycles. The number of rotatable bonds is 5. The molecule has 2 aromatic rings. The second kappa shape index (κ2) is 5.57. The summed E-state index contributed by atoms with van der Waals surface area (Å²) in [7, 11) is 0. The van der Waals surface area contributed by atoms with Crippen LogP contribution in [0.3, 0.4) is 0 Å². The lowest BCUT2D eigenvalue weighted by atomic mass is 9.90. The van der Waals surface area contributed by atoms with Gasteiger partial charge in [0.25, 0.3) is 0 Å². The Morgan fingerprint density at radius 3 is 2.80 bits per heavy atom. The highest BCUT2D eigenvalue weighted by molar-refractivity contribution is 5.83. The molecule has 1 fully saturated rings. The number of halogens is 1. The number of hydrogen-bond acceptors (Lipinski definition) is 1. The zero-order valence-electron chi connectivity index (χ0n) is 12.3. The number of H-pyrrole nitrogens is 1. The molecule has 0 unspecified atom stereocenters. The molecule has 0 atom stereocenters. The smallest absolute Gasteiger partial charge is 0.123 e. The summed E-state index contributed by atoms with van der Waals surface area (Å²) in [6, 6.07) is 6.32. The summed E-state index contributed by atoms with van der Waals surface area (Å²) in [5.41, 5.74) is 2.26. The van der Waals surface area contributed by atoms with Gasteiger partial charge in [0.2, 0.25) is 0 Å². The maximum atomic E-state index is 13.4. The molecule has 0 amide bonds. The van der Waals surface area contributed by atoms with Crippen LogP contribution < -0.4 is 0 Å². The van der Waals surface area contributed by atoms with E-state index in [1.807, 2.05) is 12.3 Å². The van der Waals surface area contributed by atoms with Gasteiger partial charge in [0, 0.05) is 35.7 Å². The van der Waals surface area contributed by atoms with E-state index in [4.69, 9.17) is 0 Å². The van der Waals surface area contributed by atoms with Crippen LogP contribution in [0.15, 0.2) is 24.4 Å². The molecule has 1 N–H and O–H groups in total. The third-order valence-corrected chi connectivity index (χ3v) is 4.58. The minimum atomic E-state index is -0.155. The summed E-state index contributed by atoms with van der Waals surface area (Å²) >= 11 is 0. The summed E-state index contributed by atoms with van der Waals surface area (Å²) in [5, 5.41) is 1.03. The largest absolute Gasteiger partial charge is 0.361 e. The van der Waals surface area contributed by atoms with Crippen LogP contribution >= 0.6 is 0 Å². The first-order valence-corrected chi connectivity index (χ1v) is 7.66. The summed E-state index contributed by atoms with van der Waals surface area (Å²) in [4.78, 5) is 5.84. The second-order valence-electron chi connectivity index (χ2n) is 6.17. The molecule has 1 aliphatic carbocycles. The first-order chi connectivity index (χ1) is 9.65. The number of benzene rings is 1. The van der Waals surface area contributed by atoms with Crippen molar-refractivity contribution in [3.8, 4) is 0 Å². The number of aromatic amines is 1. The standard InChI is InChI=1S/C17H23FN2/c1-12(2)20(15-4-3-5-15)9-8-13-11-19-17-7-6-14(18)10-16(13)17/h6-7,10-12,15,19H,3-5,8-9H2,1-2H3. The number of nitrogens with zero attached hydrogens (tertiary/aromatic N) is 1. The van der Waals surface area contributed by atoms with Crippen LogP contribution in [0.1, 0.15) is 38.7 Å². The highest BCUT2D eigenvalue weighted by Gasteiger charge is 2.26. The zero-order valence-corrected chi connectivity index (χ0v) is 12.3. The molecule has 0 bridgehead atoms. The van der Waals surface area contributed by atoms with Gasteiger partial charge in [-0.25, -0.2) is 4.39 Å². The van der Waals surface area contributed by atoms with Crippen molar-refractivity contribution < 1.29 is 4.39 Å². The zero-order chi connectivity index (χ0) is 14.1.